The van der Waals surface area contributed by atoms with Gasteiger partial charge in [0, 0.05) is 5.56 Å². The van der Waals surface area contributed by atoms with E-state index in [1.807, 2.05) is 0 Å². The van der Waals surface area contributed by atoms with E-state index in [0.717, 1.165) is 12.8 Å². The minimum atomic E-state index is -1.21. The standard InChI is InChI=1S/C17H19N3O5/c1-16(13(22)18-15(25)20-16)11-6-4-10(5-7-11)12(21)19-17(14(23)24)8-2-3-9-17/h4-7H,2-3,8-9H2,1H3,(H,19,21)(H,23,24)(H2,18,20,22,25). The second kappa shape index (κ2) is 5.87. The SMILES string of the molecule is CC1(c2ccc(C(=O)NC3(C(=O)O)CCCC3)cc2)NC(=O)NC1=O. The molecule has 2 fully saturated rings. The molecule has 8 nitrogen and oxygen atoms in total. The Morgan fingerprint density at radius 1 is 1.12 bits per heavy atom. The lowest BCUT2D eigenvalue weighted by Gasteiger charge is -2.25. The molecule has 1 aromatic carbocycles. The third-order valence-corrected chi connectivity index (χ3v) is 4.99. The molecule has 3 rings (SSSR count). The summed E-state index contributed by atoms with van der Waals surface area (Å²) < 4.78 is 0. The van der Waals surface area contributed by atoms with Gasteiger partial charge in [-0.2, -0.15) is 0 Å². The summed E-state index contributed by atoms with van der Waals surface area (Å²) in [6, 6.07) is 5.60. The summed E-state index contributed by atoms with van der Waals surface area (Å²) in [5.74, 6) is -1.96. The van der Waals surface area contributed by atoms with E-state index in [2.05, 4.69) is 16.0 Å². The highest BCUT2D eigenvalue weighted by atomic mass is 16.4. The van der Waals surface area contributed by atoms with Gasteiger partial charge in [0.1, 0.15) is 11.1 Å². The molecule has 1 aliphatic heterocycles. The second-order valence-corrected chi connectivity index (χ2v) is 6.66. The van der Waals surface area contributed by atoms with Crippen LogP contribution < -0.4 is 16.0 Å². The quantitative estimate of drug-likeness (QED) is 0.603. The van der Waals surface area contributed by atoms with Crippen molar-refractivity contribution in [1.29, 1.82) is 0 Å². The molecule has 1 heterocycles. The minimum absolute atomic E-state index is 0.296. The summed E-state index contributed by atoms with van der Waals surface area (Å²) in [5.41, 5.74) is -1.58. The van der Waals surface area contributed by atoms with Crippen LogP contribution >= 0.6 is 0 Å². The van der Waals surface area contributed by atoms with Gasteiger partial charge in [0.15, 0.2) is 0 Å². The predicted molar refractivity (Wildman–Crippen MR) is 86.8 cm³/mol. The number of urea groups is 1. The van der Waals surface area contributed by atoms with Crippen LogP contribution in [0.3, 0.4) is 0 Å². The molecule has 4 N–H and O–H groups in total. The van der Waals surface area contributed by atoms with Gasteiger partial charge in [0.05, 0.1) is 0 Å². The molecule has 132 valence electrons. The summed E-state index contributed by atoms with van der Waals surface area (Å²) in [7, 11) is 0. The molecule has 1 atom stereocenters. The Bertz CT molecular complexity index is 752. The van der Waals surface area contributed by atoms with E-state index < -0.39 is 34.9 Å². The Kier molecular flexibility index (Phi) is 3.98. The second-order valence-electron chi connectivity index (χ2n) is 6.66. The van der Waals surface area contributed by atoms with E-state index in [9.17, 15) is 24.3 Å². The average molecular weight is 345 g/mol. The van der Waals surface area contributed by atoms with Crippen LogP contribution in [0.1, 0.15) is 48.5 Å². The summed E-state index contributed by atoms with van der Waals surface area (Å²) >= 11 is 0. The van der Waals surface area contributed by atoms with Gasteiger partial charge in [-0.05, 0) is 37.5 Å². The third-order valence-electron chi connectivity index (χ3n) is 4.99. The van der Waals surface area contributed by atoms with Crippen LogP contribution in [0.15, 0.2) is 24.3 Å². The lowest BCUT2D eigenvalue weighted by Crippen LogP contribution is -2.52. The van der Waals surface area contributed by atoms with E-state index >= 15 is 0 Å². The van der Waals surface area contributed by atoms with E-state index in [0.29, 0.717) is 24.0 Å². The van der Waals surface area contributed by atoms with Crippen molar-refractivity contribution in [3.05, 3.63) is 35.4 Å². The minimum Gasteiger partial charge on any atom is -0.480 e. The number of benzene rings is 1. The number of carboxylic acid groups (broad SMARTS) is 1. The Hall–Kier alpha value is -2.90. The van der Waals surface area contributed by atoms with E-state index in [-0.39, 0.29) is 0 Å². The van der Waals surface area contributed by atoms with Gasteiger partial charge < -0.3 is 15.7 Å². The summed E-state index contributed by atoms with van der Waals surface area (Å²) in [6.07, 6.45) is 2.35. The zero-order valence-electron chi connectivity index (χ0n) is 13.7. The molecule has 0 bridgehead atoms. The first-order valence-electron chi connectivity index (χ1n) is 8.07. The van der Waals surface area contributed by atoms with Crippen LogP contribution in [-0.2, 0) is 15.1 Å². The molecule has 25 heavy (non-hydrogen) atoms. The molecular weight excluding hydrogens is 326 g/mol. The Balaban J connectivity index is 1.78. The molecule has 2 aliphatic rings. The van der Waals surface area contributed by atoms with Gasteiger partial charge in [-0.25, -0.2) is 9.59 Å². The van der Waals surface area contributed by atoms with Crippen molar-refractivity contribution in [2.75, 3.05) is 0 Å². The maximum absolute atomic E-state index is 12.4. The maximum atomic E-state index is 12.4. The molecule has 1 aliphatic carbocycles. The molecule has 4 amide bonds. The van der Waals surface area contributed by atoms with Gasteiger partial charge in [-0.1, -0.05) is 25.0 Å². The lowest BCUT2D eigenvalue weighted by atomic mass is 9.91. The number of nitrogens with one attached hydrogen (secondary N) is 3. The zero-order chi connectivity index (χ0) is 18.2. The largest absolute Gasteiger partial charge is 0.480 e. The first-order chi connectivity index (χ1) is 11.8. The van der Waals surface area contributed by atoms with Crippen molar-refractivity contribution >= 4 is 23.8 Å². The fraction of sp³-hybridized carbons (Fsp3) is 0.412. The molecular formula is C17H19N3O5. The lowest BCUT2D eigenvalue weighted by molar-refractivity contribution is -0.144. The first-order valence-corrected chi connectivity index (χ1v) is 8.07. The summed E-state index contributed by atoms with van der Waals surface area (Å²) in [5, 5.41) is 16.8. The van der Waals surface area contributed by atoms with Crippen molar-refractivity contribution in [3.8, 4) is 0 Å². The number of rotatable bonds is 4. The van der Waals surface area contributed by atoms with Crippen molar-refractivity contribution in [3.63, 3.8) is 0 Å². The fourth-order valence-corrected chi connectivity index (χ4v) is 3.36. The van der Waals surface area contributed by atoms with E-state index in [1.165, 1.54) is 12.1 Å². The van der Waals surface area contributed by atoms with E-state index in [4.69, 9.17) is 0 Å². The number of imide groups is 1. The number of carbonyl (C=O) groups is 4. The van der Waals surface area contributed by atoms with Crippen molar-refractivity contribution < 1.29 is 24.3 Å². The van der Waals surface area contributed by atoms with Crippen molar-refractivity contribution in [1.82, 2.24) is 16.0 Å². The Morgan fingerprint density at radius 3 is 2.20 bits per heavy atom. The molecule has 0 aromatic heterocycles. The van der Waals surface area contributed by atoms with Gasteiger partial charge in [-0.15, -0.1) is 0 Å². The van der Waals surface area contributed by atoms with E-state index in [1.54, 1.807) is 19.1 Å². The van der Waals surface area contributed by atoms with Crippen LogP contribution in [0.4, 0.5) is 4.79 Å². The molecule has 1 aromatic rings. The number of carboxylic acids is 1. The first kappa shape index (κ1) is 16.9. The van der Waals surface area contributed by atoms with Crippen LogP contribution in [0.2, 0.25) is 0 Å². The molecule has 0 spiro atoms. The van der Waals surface area contributed by atoms with Crippen LogP contribution in [0.5, 0.6) is 0 Å². The zero-order valence-corrected chi connectivity index (χ0v) is 13.7. The number of aliphatic carboxylic acids is 1. The number of amides is 4. The van der Waals surface area contributed by atoms with Gasteiger partial charge in [0.2, 0.25) is 0 Å². The van der Waals surface area contributed by atoms with Gasteiger partial charge in [0.25, 0.3) is 11.8 Å². The third kappa shape index (κ3) is 2.84. The van der Waals surface area contributed by atoms with Crippen LogP contribution in [0.25, 0.3) is 0 Å². The normalized spacial score (nSPS) is 24.5. The predicted octanol–water partition coefficient (Wildman–Crippen LogP) is 0.868. The van der Waals surface area contributed by atoms with Crippen LogP contribution in [-0.4, -0.2) is 34.5 Å². The van der Waals surface area contributed by atoms with Gasteiger partial charge in [-0.3, -0.25) is 14.9 Å². The summed E-state index contributed by atoms with van der Waals surface area (Å²) in [6.45, 7) is 1.57. The topological polar surface area (TPSA) is 125 Å². The molecule has 1 saturated carbocycles. The van der Waals surface area contributed by atoms with Crippen molar-refractivity contribution in [2.45, 2.75) is 43.7 Å². The smallest absolute Gasteiger partial charge is 0.329 e. The number of carbonyl (C=O) groups excluding carboxylic acids is 3. The number of hydrogen-bond acceptors (Lipinski definition) is 4. The molecule has 8 heteroatoms. The average Bonchev–Trinajstić information content (AvgIpc) is 3.14. The highest BCUT2D eigenvalue weighted by Gasteiger charge is 2.44. The summed E-state index contributed by atoms with van der Waals surface area (Å²) in [4.78, 5) is 47.2. The van der Waals surface area contributed by atoms with Crippen LogP contribution in [0, 0.1) is 0 Å². The van der Waals surface area contributed by atoms with Gasteiger partial charge >= 0.3 is 12.0 Å². The Morgan fingerprint density at radius 2 is 1.72 bits per heavy atom. The fourth-order valence-electron chi connectivity index (χ4n) is 3.36. The Labute approximate surface area is 144 Å². The molecule has 1 saturated heterocycles. The highest BCUT2D eigenvalue weighted by molar-refractivity contribution is 6.07. The molecule has 1 unspecified atom stereocenters. The maximum Gasteiger partial charge on any atom is 0.329 e. The number of hydrogen-bond donors (Lipinski definition) is 4. The highest BCUT2D eigenvalue weighted by Crippen LogP contribution is 2.30. The molecule has 0 radical (unpaired) electrons. The van der Waals surface area contributed by atoms with Crippen molar-refractivity contribution in [2.24, 2.45) is 0 Å². The monoisotopic (exact) mass is 345 g/mol.